The number of likely N-dealkylation sites (tertiary alicyclic amines) is 1. The van der Waals surface area contributed by atoms with Crippen LogP contribution >= 0.6 is 12.4 Å². The molecule has 1 rings (SSSR count). The molecule has 0 amide bonds. The van der Waals surface area contributed by atoms with Gasteiger partial charge < -0.3 is 4.79 Å². The lowest BCUT2D eigenvalue weighted by Crippen LogP contribution is -2.43. The normalized spacial score (nSPS) is 20.8. The van der Waals surface area contributed by atoms with Crippen LogP contribution in [0.2, 0.25) is 0 Å². The molecule has 1 fully saturated rings. The number of halogens is 1. The van der Waals surface area contributed by atoms with Crippen molar-refractivity contribution in [3.63, 3.8) is 0 Å². The summed E-state index contributed by atoms with van der Waals surface area (Å²) < 4.78 is 0. The highest BCUT2D eigenvalue weighted by molar-refractivity contribution is 5.85. The first-order valence-electron chi connectivity index (χ1n) is 3.75. The van der Waals surface area contributed by atoms with E-state index in [0.29, 0.717) is 0 Å². The molecule has 4 heteroatoms. The van der Waals surface area contributed by atoms with Crippen molar-refractivity contribution < 1.29 is 4.79 Å². The molecule has 1 heterocycles. The molecule has 1 aliphatic rings. The number of carbonyl (C=O) groups excluding carboxylic acids is 1. The summed E-state index contributed by atoms with van der Waals surface area (Å²) in [5.41, 5.74) is 0. The van der Waals surface area contributed by atoms with Crippen molar-refractivity contribution in [3.8, 4) is 0 Å². The van der Waals surface area contributed by atoms with E-state index >= 15 is 0 Å². The second kappa shape index (κ2) is 5.52. The minimum atomic E-state index is -0.0532. The van der Waals surface area contributed by atoms with Crippen LogP contribution in [-0.4, -0.2) is 37.5 Å². The standard InChI is InChI=1S/C7H14N2O.ClH/c1-8-7(6-10)9-4-2-3-5-9;/h6-8H,2-5H2,1H3;1H. The van der Waals surface area contributed by atoms with Gasteiger partial charge in [-0.2, -0.15) is 0 Å². The molecule has 1 saturated heterocycles. The Balaban J connectivity index is 0.000001000. The number of carbonyl (C=O) groups is 1. The number of nitrogens with one attached hydrogen (secondary N) is 1. The Hall–Kier alpha value is -0.120. The van der Waals surface area contributed by atoms with E-state index in [-0.39, 0.29) is 18.6 Å². The molecule has 1 aliphatic heterocycles. The van der Waals surface area contributed by atoms with E-state index in [1.165, 1.54) is 12.8 Å². The lowest BCUT2D eigenvalue weighted by atomic mass is 10.4. The molecule has 0 spiro atoms. The van der Waals surface area contributed by atoms with E-state index < -0.39 is 0 Å². The first-order valence-corrected chi connectivity index (χ1v) is 3.75. The Labute approximate surface area is 73.5 Å². The van der Waals surface area contributed by atoms with Crippen LogP contribution in [0.4, 0.5) is 0 Å². The zero-order valence-corrected chi connectivity index (χ0v) is 7.56. The van der Waals surface area contributed by atoms with Crippen molar-refractivity contribution in [2.45, 2.75) is 19.0 Å². The summed E-state index contributed by atoms with van der Waals surface area (Å²) >= 11 is 0. The predicted octanol–water partition coefficient (Wildman–Crippen LogP) is 0.248. The molecular weight excluding hydrogens is 164 g/mol. The monoisotopic (exact) mass is 178 g/mol. The fourth-order valence-electron chi connectivity index (χ4n) is 1.36. The van der Waals surface area contributed by atoms with Gasteiger partial charge in [-0.05, 0) is 19.9 Å². The average Bonchev–Trinajstić information content (AvgIpc) is 2.43. The van der Waals surface area contributed by atoms with Crippen LogP contribution < -0.4 is 5.32 Å². The van der Waals surface area contributed by atoms with Gasteiger partial charge in [0, 0.05) is 13.1 Å². The van der Waals surface area contributed by atoms with E-state index in [0.717, 1.165) is 19.4 Å². The summed E-state index contributed by atoms with van der Waals surface area (Å²) in [6.45, 7) is 2.12. The Morgan fingerprint density at radius 2 is 2.00 bits per heavy atom. The van der Waals surface area contributed by atoms with Crippen LogP contribution in [-0.2, 0) is 4.79 Å². The molecule has 1 N–H and O–H groups in total. The number of likely N-dealkylation sites (N-methyl/N-ethyl adjacent to an activating group) is 1. The Morgan fingerprint density at radius 3 is 2.36 bits per heavy atom. The molecule has 11 heavy (non-hydrogen) atoms. The molecule has 0 bridgehead atoms. The molecule has 0 aromatic heterocycles. The minimum absolute atomic E-state index is 0. The highest BCUT2D eigenvalue weighted by atomic mass is 35.5. The largest absolute Gasteiger partial charge is 0.300 e. The third-order valence-electron chi connectivity index (χ3n) is 1.96. The van der Waals surface area contributed by atoms with Gasteiger partial charge in [-0.1, -0.05) is 0 Å². The highest BCUT2D eigenvalue weighted by Crippen LogP contribution is 2.08. The van der Waals surface area contributed by atoms with Gasteiger partial charge in [0.2, 0.25) is 0 Å². The first-order chi connectivity index (χ1) is 4.88. The second-order valence-electron chi connectivity index (χ2n) is 2.61. The van der Waals surface area contributed by atoms with Crippen molar-refractivity contribution in [1.29, 1.82) is 0 Å². The topological polar surface area (TPSA) is 32.3 Å². The molecule has 0 saturated carbocycles. The van der Waals surface area contributed by atoms with Gasteiger partial charge in [0.25, 0.3) is 0 Å². The third-order valence-corrected chi connectivity index (χ3v) is 1.96. The summed E-state index contributed by atoms with van der Waals surface area (Å²) in [5.74, 6) is 0. The van der Waals surface area contributed by atoms with Crippen molar-refractivity contribution in [3.05, 3.63) is 0 Å². The molecular formula is C7H15ClN2O. The van der Waals surface area contributed by atoms with Gasteiger partial charge in [-0.15, -0.1) is 12.4 Å². The van der Waals surface area contributed by atoms with Gasteiger partial charge in [0.15, 0.2) is 6.29 Å². The number of aldehydes is 1. The Bertz CT molecular complexity index is 115. The van der Waals surface area contributed by atoms with Crippen LogP contribution in [0.25, 0.3) is 0 Å². The average molecular weight is 179 g/mol. The number of hydrogen-bond acceptors (Lipinski definition) is 3. The Kier molecular flexibility index (Phi) is 5.46. The highest BCUT2D eigenvalue weighted by Gasteiger charge is 2.18. The van der Waals surface area contributed by atoms with Crippen LogP contribution in [0.15, 0.2) is 0 Å². The number of rotatable bonds is 3. The van der Waals surface area contributed by atoms with Crippen molar-refractivity contribution in [1.82, 2.24) is 10.2 Å². The first kappa shape index (κ1) is 10.9. The lowest BCUT2D eigenvalue weighted by Gasteiger charge is -2.20. The smallest absolute Gasteiger partial charge is 0.151 e. The van der Waals surface area contributed by atoms with Gasteiger partial charge >= 0.3 is 0 Å². The van der Waals surface area contributed by atoms with E-state index in [9.17, 15) is 4.79 Å². The molecule has 3 nitrogen and oxygen atoms in total. The Morgan fingerprint density at radius 1 is 1.45 bits per heavy atom. The van der Waals surface area contributed by atoms with Crippen LogP contribution in [0.5, 0.6) is 0 Å². The maximum absolute atomic E-state index is 10.4. The van der Waals surface area contributed by atoms with Crippen LogP contribution in [0.3, 0.4) is 0 Å². The van der Waals surface area contributed by atoms with Crippen molar-refractivity contribution in [2.75, 3.05) is 20.1 Å². The van der Waals surface area contributed by atoms with Gasteiger partial charge in [-0.3, -0.25) is 10.2 Å². The second-order valence-corrected chi connectivity index (χ2v) is 2.61. The van der Waals surface area contributed by atoms with E-state index in [1.807, 2.05) is 7.05 Å². The van der Waals surface area contributed by atoms with Crippen molar-refractivity contribution >= 4 is 18.7 Å². The summed E-state index contributed by atoms with van der Waals surface area (Å²) in [6.07, 6.45) is 3.37. The third kappa shape index (κ3) is 2.77. The summed E-state index contributed by atoms with van der Waals surface area (Å²) in [4.78, 5) is 12.6. The predicted molar refractivity (Wildman–Crippen MR) is 47.0 cm³/mol. The maximum atomic E-state index is 10.4. The van der Waals surface area contributed by atoms with Crippen LogP contribution in [0.1, 0.15) is 12.8 Å². The number of nitrogens with zero attached hydrogens (tertiary/aromatic N) is 1. The maximum Gasteiger partial charge on any atom is 0.151 e. The number of hydrogen-bond donors (Lipinski definition) is 1. The van der Waals surface area contributed by atoms with E-state index in [2.05, 4.69) is 10.2 Å². The van der Waals surface area contributed by atoms with Gasteiger partial charge in [-0.25, -0.2) is 0 Å². The summed E-state index contributed by atoms with van der Waals surface area (Å²) in [5, 5.41) is 2.95. The summed E-state index contributed by atoms with van der Waals surface area (Å²) in [6, 6.07) is 0. The molecule has 0 aromatic rings. The quantitative estimate of drug-likeness (QED) is 0.629. The minimum Gasteiger partial charge on any atom is -0.300 e. The van der Waals surface area contributed by atoms with E-state index in [1.54, 1.807) is 0 Å². The van der Waals surface area contributed by atoms with Crippen molar-refractivity contribution in [2.24, 2.45) is 0 Å². The molecule has 0 radical (unpaired) electrons. The fraction of sp³-hybridized carbons (Fsp3) is 0.857. The fourth-order valence-corrected chi connectivity index (χ4v) is 1.36. The zero-order chi connectivity index (χ0) is 7.40. The molecule has 0 aromatic carbocycles. The molecule has 1 atom stereocenters. The molecule has 1 unspecified atom stereocenters. The molecule has 66 valence electrons. The zero-order valence-electron chi connectivity index (χ0n) is 6.75. The summed E-state index contributed by atoms with van der Waals surface area (Å²) in [7, 11) is 1.82. The lowest BCUT2D eigenvalue weighted by molar-refractivity contribution is -0.112. The van der Waals surface area contributed by atoms with Crippen LogP contribution in [0, 0.1) is 0 Å². The van der Waals surface area contributed by atoms with Gasteiger partial charge in [0.05, 0.1) is 0 Å². The SMILES string of the molecule is CNC(C=O)N1CCCC1.Cl. The van der Waals surface area contributed by atoms with E-state index in [4.69, 9.17) is 0 Å². The molecule has 0 aliphatic carbocycles. The van der Waals surface area contributed by atoms with Gasteiger partial charge in [0.1, 0.15) is 6.17 Å².